The maximum absolute atomic E-state index is 13.4. The number of ether oxygens (including phenoxy) is 1. The summed E-state index contributed by atoms with van der Waals surface area (Å²) in [5, 5.41) is 2.96. The highest BCUT2D eigenvalue weighted by Gasteiger charge is 2.37. The fourth-order valence-electron chi connectivity index (χ4n) is 4.35. The molecule has 0 unspecified atom stereocenters. The van der Waals surface area contributed by atoms with Crippen LogP contribution < -0.4 is 15.0 Å². The summed E-state index contributed by atoms with van der Waals surface area (Å²) in [6.45, 7) is 0. The van der Waals surface area contributed by atoms with Gasteiger partial charge in [0.1, 0.15) is 5.75 Å². The molecule has 1 heterocycles. The molecule has 0 spiro atoms. The molecule has 0 radical (unpaired) electrons. The minimum absolute atomic E-state index is 0.210. The third-order valence-electron chi connectivity index (χ3n) is 6.01. The van der Waals surface area contributed by atoms with E-state index in [0.717, 1.165) is 16.0 Å². The number of hydrogen-bond donors (Lipinski definition) is 1. The molecule has 0 bridgehead atoms. The standard InChI is InChI=1S/C29H22N2O4/c1-35-25-18-21(16-17-24(25)31-28(33)22-14-8-9-15-23(22)29(31)34)30-27(32)26(19-10-4-2-5-11-19)20-12-6-3-7-13-20/h2-18,26H,1H3,(H,30,32). The Morgan fingerprint density at radius 1 is 0.743 bits per heavy atom. The molecule has 0 saturated carbocycles. The quantitative estimate of drug-likeness (QED) is 0.396. The van der Waals surface area contributed by atoms with E-state index in [2.05, 4.69) is 5.32 Å². The van der Waals surface area contributed by atoms with Crippen LogP contribution in [0.25, 0.3) is 0 Å². The van der Waals surface area contributed by atoms with Crippen molar-refractivity contribution in [1.82, 2.24) is 0 Å². The molecule has 5 rings (SSSR count). The number of amides is 3. The summed E-state index contributed by atoms with van der Waals surface area (Å²) in [5.41, 5.74) is 3.25. The topological polar surface area (TPSA) is 75.7 Å². The first-order valence-electron chi connectivity index (χ1n) is 11.1. The molecule has 0 aromatic heterocycles. The largest absolute Gasteiger partial charge is 0.494 e. The van der Waals surface area contributed by atoms with E-state index < -0.39 is 17.7 Å². The molecule has 0 aliphatic carbocycles. The Morgan fingerprint density at radius 3 is 1.77 bits per heavy atom. The van der Waals surface area contributed by atoms with Crippen LogP contribution in [0.2, 0.25) is 0 Å². The average molecular weight is 463 g/mol. The van der Waals surface area contributed by atoms with Crippen LogP contribution in [0.5, 0.6) is 5.75 Å². The number of rotatable bonds is 6. The number of fused-ring (bicyclic) bond motifs is 1. The summed E-state index contributed by atoms with van der Waals surface area (Å²) in [7, 11) is 1.46. The van der Waals surface area contributed by atoms with Crippen LogP contribution in [0.4, 0.5) is 11.4 Å². The van der Waals surface area contributed by atoms with Crippen molar-refractivity contribution in [2.45, 2.75) is 5.92 Å². The Morgan fingerprint density at radius 2 is 1.26 bits per heavy atom. The summed E-state index contributed by atoms with van der Waals surface area (Å²) < 4.78 is 5.51. The van der Waals surface area contributed by atoms with E-state index >= 15 is 0 Å². The predicted octanol–water partition coefficient (Wildman–Crippen LogP) is 5.27. The van der Waals surface area contributed by atoms with Crippen molar-refractivity contribution in [3.8, 4) is 5.75 Å². The average Bonchev–Trinajstić information content (AvgIpc) is 3.15. The van der Waals surface area contributed by atoms with Gasteiger partial charge in [0.05, 0.1) is 29.8 Å². The molecule has 4 aromatic carbocycles. The zero-order valence-electron chi connectivity index (χ0n) is 19.0. The van der Waals surface area contributed by atoms with Gasteiger partial charge in [0.2, 0.25) is 5.91 Å². The number of nitrogens with one attached hydrogen (secondary N) is 1. The first-order valence-corrected chi connectivity index (χ1v) is 11.1. The van der Waals surface area contributed by atoms with Crippen LogP contribution in [-0.2, 0) is 4.79 Å². The van der Waals surface area contributed by atoms with Gasteiger partial charge in [-0.05, 0) is 35.4 Å². The first-order chi connectivity index (χ1) is 17.1. The van der Waals surface area contributed by atoms with Gasteiger partial charge >= 0.3 is 0 Å². The van der Waals surface area contributed by atoms with Gasteiger partial charge in [-0.15, -0.1) is 0 Å². The van der Waals surface area contributed by atoms with Crippen molar-refractivity contribution < 1.29 is 19.1 Å². The summed E-state index contributed by atoms with van der Waals surface area (Å²) >= 11 is 0. The van der Waals surface area contributed by atoms with Gasteiger partial charge in [0.25, 0.3) is 11.8 Å². The van der Waals surface area contributed by atoms with E-state index in [1.54, 1.807) is 42.5 Å². The molecule has 1 N–H and O–H groups in total. The minimum Gasteiger partial charge on any atom is -0.494 e. The summed E-state index contributed by atoms with van der Waals surface area (Å²) in [6.07, 6.45) is 0. The van der Waals surface area contributed by atoms with Gasteiger partial charge in [-0.3, -0.25) is 14.4 Å². The van der Waals surface area contributed by atoms with Crippen molar-refractivity contribution in [3.05, 3.63) is 125 Å². The van der Waals surface area contributed by atoms with Gasteiger partial charge in [0.15, 0.2) is 0 Å². The fraction of sp³-hybridized carbons (Fsp3) is 0.0690. The number of carbonyl (C=O) groups excluding carboxylic acids is 3. The highest BCUT2D eigenvalue weighted by molar-refractivity contribution is 6.34. The third-order valence-corrected chi connectivity index (χ3v) is 6.01. The number of hydrogen-bond acceptors (Lipinski definition) is 4. The van der Waals surface area contributed by atoms with Crippen LogP contribution in [0.3, 0.4) is 0 Å². The SMILES string of the molecule is COc1cc(NC(=O)C(c2ccccc2)c2ccccc2)ccc1N1C(=O)c2ccccc2C1=O. The number of imide groups is 1. The minimum atomic E-state index is -0.515. The molecule has 0 fully saturated rings. The monoisotopic (exact) mass is 462 g/mol. The zero-order valence-corrected chi connectivity index (χ0v) is 19.0. The van der Waals surface area contributed by atoms with Crippen molar-refractivity contribution in [1.29, 1.82) is 0 Å². The normalized spacial score (nSPS) is 12.6. The molecule has 0 atom stereocenters. The van der Waals surface area contributed by atoms with Gasteiger partial charge < -0.3 is 10.1 Å². The van der Waals surface area contributed by atoms with E-state index in [1.807, 2.05) is 60.7 Å². The Bertz CT molecular complexity index is 1340. The van der Waals surface area contributed by atoms with Gasteiger partial charge in [-0.1, -0.05) is 72.8 Å². The molecule has 3 amide bonds. The van der Waals surface area contributed by atoms with Crippen LogP contribution in [0, 0.1) is 0 Å². The molecule has 6 nitrogen and oxygen atoms in total. The molecular weight excluding hydrogens is 440 g/mol. The van der Waals surface area contributed by atoms with E-state index in [1.165, 1.54) is 7.11 Å². The highest BCUT2D eigenvalue weighted by Crippen LogP contribution is 2.37. The Labute approximate surface area is 202 Å². The van der Waals surface area contributed by atoms with Gasteiger partial charge in [0, 0.05) is 11.8 Å². The second kappa shape index (κ2) is 9.27. The molecule has 0 saturated heterocycles. The maximum Gasteiger partial charge on any atom is 0.266 e. The van der Waals surface area contributed by atoms with Crippen LogP contribution in [0.1, 0.15) is 37.8 Å². The van der Waals surface area contributed by atoms with Gasteiger partial charge in [-0.25, -0.2) is 4.90 Å². The molecule has 172 valence electrons. The van der Waals surface area contributed by atoms with E-state index in [-0.39, 0.29) is 5.91 Å². The number of benzene rings is 4. The maximum atomic E-state index is 13.4. The molecule has 35 heavy (non-hydrogen) atoms. The Kier molecular flexibility index (Phi) is 5.85. The van der Waals surface area contributed by atoms with Crippen molar-refractivity contribution in [3.63, 3.8) is 0 Å². The molecule has 1 aliphatic heterocycles. The Hall–Kier alpha value is -4.71. The fourth-order valence-corrected chi connectivity index (χ4v) is 4.35. The summed E-state index contributed by atoms with van der Waals surface area (Å²) in [4.78, 5) is 40.4. The lowest BCUT2D eigenvalue weighted by molar-refractivity contribution is -0.116. The number of anilines is 2. The lowest BCUT2D eigenvalue weighted by Gasteiger charge is -2.20. The number of nitrogens with zero attached hydrogens (tertiary/aromatic N) is 1. The second-order valence-electron chi connectivity index (χ2n) is 8.12. The lowest BCUT2D eigenvalue weighted by atomic mass is 9.90. The van der Waals surface area contributed by atoms with Crippen LogP contribution in [-0.4, -0.2) is 24.8 Å². The molecule has 1 aliphatic rings. The Balaban J connectivity index is 1.45. The van der Waals surface area contributed by atoms with Crippen molar-refractivity contribution in [2.24, 2.45) is 0 Å². The van der Waals surface area contributed by atoms with E-state index in [0.29, 0.717) is 28.3 Å². The first kappa shape index (κ1) is 22.1. The zero-order chi connectivity index (χ0) is 24.4. The van der Waals surface area contributed by atoms with E-state index in [9.17, 15) is 14.4 Å². The van der Waals surface area contributed by atoms with Crippen molar-refractivity contribution >= 4 is 29.1 Å². The second-order valence-corrected chi connectivity index (χ2v) is 8.12. The van der Waals surface area contributed by atoms with E-state index in [4.69, 9.17) is 4.74 Å². The lowest BCUT2D eigenvalue weighted by Crippen LogP contribution is -2.29. The molecule has 4 aromatic rings. The van der Waals surface area contributed by atoms with Crippen LogP contribution in [0.15, 0.2) is 103 Å². The smallest absolute Gasteiger partial charge is 0.266 e. The van der Waals surface area contributed by atoms with Gasteiger partial charge in [-0.2, -0.15) is 0 Å². The predicted molar refractivity (Wildman–Crippen MR) is 134 cm³/mol. The highest BCUT2D eigenvalue weighted by atomic mass is 16.5. The number of carbonyl (C=O) groups is 3. The molecular formula is C29H22N2O4. The summed E-state index contributed by atoms with van der Waals surface area (Å²) in [5.74, 6) is -1.24. The summed E-state index contributed by atoms with van der Waals surface area (Å²) in [6, 6.07) is 30.7. The van der Waals surface area contributed by atoms with Crippen molar-refractivity contribution in [2.75, 3.05) is 17.3 Å². The third kappa shape index (κ3) is 4.06. The molecule has 6 heteroatoms. The van der Waals surface area contributed by atoms with Crippen LogP contribution >= 0.6 is 0 Å². The number of methoxy groups -OCH3 is 1.